The monoisotopic (exact) mass is 462 g/mol. The van der Waals surface area contributed by atoms with E-state index in [1.807, 2.05) is 0 Å². The highest BCUT2D eigenvalue weighted by Gasteiger charge is 2.00. The lowest BCUT2D eigenvalue weighted by Crippen LogP contribution is -1.90. The van der Waals surface area contributed by atoms with Crippen molar-refractivity contribution in [3.63, 3.8) is 0 Å². The van der Waals surface area contributed by atoms with E-state index in [-0.39, 0.29) is 38.0 Å². The number of terminal acetylenes is 1. The van der Waals surface area contributed by atoms with Crippen molar-refractivity contribution in [2.75, 3.05) is 7.11 Å². The van der Waals surface area contributed by atoms with Gasteiger partial charge < -0.3 is 14.6 Å². The van der Waals surface area contributed by atoms with Crippen LogP contribution in [0.25, 0.3) is 0 Å². The van der Waals surface area contributed by atoms with E-state index < -0.39 is 0 Å². The summed E-state index contributed by atoms with van der Waals surface area (Å²) in [6, 6.07) is 4.97. The molecule has 0 heterocycles. The average molecular weight is 463 g/mol. The molecule has 3 heteroatoms. The predicted molar refractivity (Wildman–Crippen MR) is 173 cm³/mol. The number of rotatable bonds is 3. The van der Waals surface area contributed by atoms with E-state index in [2.05, 4.69) is 125 Å². The lowest BCUT2D eigenvalue weighted by Gasteiger charge is -2.05. The first kappa shape index (κ1) is 25.0. The van der Waals surface area contributed by atoms with Crippen LogP contribution in [0.4, 0.5) is 0 Å². The number of ether oxygens (including phenoxy) is 2. The molecule has 0 radical (unpaired) electrons. The molecule has 192 valence electrons. The third-order valence-corrected chi connectivity index (χ3v) is 2.78. The molecule has 0 atom stereocenters. The van der Waals surface area contributed by atoms with E-state index in [0.29, 0.717) is 17.1 Å². The molecule has 33 heavy (non-hydrogen) atoms. The molecule has 0 unspecified atom stereocenters. The quantitative estimate of drug-likeness (QED) is 0.514. The highest BCUT2D eigenvalue weighted by molar-refractivity contribution is 5.47. The standard InChI is InChI=1S/C30H10O3.22H2/c1-3-4-5-6-7-8-9-10-11-12-13-14-15-16-17-18-19-20-21-22-23-33-30-25-28(27-31)24-29(26-30)32-2;;;;;;;;;;;;;;;;;;;;;;/h1,24-26,31H,27H2,2H3;22*1H. The summed E-state index contributed by atoms with van der Waals surface area (Å²) in [7, 11) is 1.52. The minimum atomic E-state index is -0.140. The SMILES string of the molecule is C#CC#CC#CC#CC#CC#CC#CC#CC#CC#CC#COc1cc(CO)cc(OC)c1.[HH].[HH].[HH].[HH].[HH].[HH].[HH].[HH].[HH].[HH].[HH].[HH].[HH].[HH].[HH].[HH].[HH].[HH].[HH].[HH].[HH].[HH]. The van der Waals surface area contributed by atoms with Crippen molar-refractivity contribution in [3.05, 3.63) is 23.8 Å². The summed E-state index contributed by atoms with van der Waals surface area (Å²) in [5, 5.41) is 9.20. The van der Waals surface area contributed by atoms with Crippen LogP contribution >= 0.6 is 0 Å². The summed E-state index contributed by atoms with van der Waals surface area (Å²) in [4.78, 5) is 0. The Bertz CT molecular complexity index is 1600. The van der Waals surface area contributed by atoms with Gasteiger partial charge in [0.2, 0.25) is 0 Å². The second-order valence-corrected chi connectivity index (χ2v) is 4.90. The van der Waals surface area contributed by atoms with E-state index in [1.165, 1.54) is 7.11 Å². The molecular weight excluding hydrogens is 408 g/mol. The fraction of sp³-hybridized carbons (Fsp3) is 0.0667. The molecule has 0 spiro atoms. The number of benzene rings is 1. The molecule has 1 N–H and O–H groups in total. The van der Waals surface area contributed by atoms with Crippen LogP contribution in [-0.4, -0.2) is 12.2 Å². The molecule has 0 saturated heterocycles. The van der Waals surface area contributed by atoms with Crippen molar-refractivity contribution in [2.45, 2.75) is 6.61 Å². The zero-order valence-corrected chi connectivity index (χ0v) is 17.3. The second-order valence-electron chi connectivity index (χ2n) is 4.90. The summed E-state index contributed by atoms with van der Waals surface area (Å²) in [6.07, 6.45) is 7.35. The zero-order valence-electron chi connectivity index (χ0n) is 17.3. The van der Waals surface area contributed by atoms with Gasteiger partial charge in [-0.1, -0.05) is 0 Å². The Morgan fingerprint density at radius 1 is 0.636 bits per heavy atom. The minimum absolute atomic E-state index is 0. The number of methoxy groups -OCH3 is 1. The number of hydrogen-bond donors (Lipinski definition) is 1. The van der Waals surface area contributed by atoms with Gasteiger partial charge in [-0.3, -0.25) is 0 Å². The number of aliphatic hydroxyl groups is 1. The van der Waals surface area contributed by atoms with Crippen LogP contribution in [0.1, 0.15) is 36.9 Å². The topological polar surface area (TPSA) is 38.7 Å². The van der Waals surface area contributed by atoms with Crippen molar-refractivity contribution in [2.24, 2.45) is 0 Å². The summed E-state index contributed by atoms with van der Waals surface area (Å²) in [6.45, 7) is -0.140. The van der Waals surface area contributed by atoms with Crippen LogP contribution in [0.2, 0.25) is 0 Å². The molecule has 1 aromatic carbocycles. The summed E-state index contributed by atoms with van der Waals surface area (Å²) < 4.78 is 10.3. The summed E-state index contributed by atoms with van der Waals surface area (Å²) in [5.74, 6) is 50.1. The molecule has 0 saturated carbocycles. The number of hydrogen-bond acceptors (Lipinski definition) is 3. The molecular formula is C30H54O3. The Kier molecular flexibility index (Phi) is 13.6. The Balaban J connectivity index is -0.0000000247. The first-order valence-corrected chi connectivity index (χ1v) is 8.71. The maximum atomic E-state index is 9.20. The predicted octanol–water partition coefficient (Wildman–Crippen LogP) is 6.60. The maximum Gasteiger partial charge on any atom is 0.144 e. The van der Waals surface area contributed by atoms with Crippen LogP contribution in [0.15, 0.2) is 18.2 Å². The van der Waals surface area contributed by atoms with Crippen molar-refractivity contribution >= 4 is 0 Å². The van der Waals surface area contributed by atoms with Gasteiger partial charge in [-0.2, -0.15) is 0 Å². The molecule has 0 aliphatic carbocycles. The van der Waals surface area contributed by atoms with Gasteiger partial charge in [-0.25, -0.2) is 0 Å². The Hall–Kier alpha value is -6.06. The third-order valence-electron chi connectivity index (χ3n) is 2.78. The minimum Gasteiger partial charge on any atom is -0.497 e. The fourth-order valence-electron chi connectivity index (χ4n) is 1.58. The van der Waals surface area contributed by atoms with Crippen LogP contribution in [0, 0.1) is 131 Å². The average Bonchev–Trinajstić information content (AvgIpc) is 2.84. The van der Waals surface area contributed by atoms with Crippen LogP contribution in [0.5, 0.6) is 11.5 Å². The van der Waals surface area contributed by atoms with Crippen molar-refractivity contribution in [1.29, 1.82) is 0 Å². The molecule has 0 fully saturated rings. The van der Waals surface area contributed by atoms with E-state index in [1.54, 1.807) is 18.2 Å². The molecule has 0 aliphatic heterocycles. The van der Waals surface area contributed by atoms with Crippen LogP contribution < -0.4 is 9.47 Å². The van der Waals surface area contributed by atoms with Gasteiger partial charge in [0.25, 0.3) is 0 Å². The largest absolute Gasteiger partial charge is 0.497 e. The highest BCUT2D eigenvalue weighted by atomic mass is 16.5. The van der Waals surface area contributed by atoms with Crippen molar-refractivity contribution < 1.29 is 46.0 Å². The molecule has 0 bridgehead atoms. The molecule has 0 aliphatic rings. The van der Waals surface area contributed by atoms with Crippen molar-refractivity contribution in [1.82, 2.24) is 0 Å². The normalized spacial score (nSPS) is 5.97. The Morgan fingerprint density at radius 3 is 1.42 bits per heavy atom. The highest BCUT2D eigenvalue weighted by Crippen LogP contribution is 2.22. The van der Waals surface area contributed by atoms with E-state index in [0.717, 1.165) is 0 Å². The van der Waals surface area contributed by atoms with E-state index in [9.17, 15) is 5.11 Å². The smallest absolute Gasteiger partial charge is 0.144 e. The summed E-state index contributed by atoms with van der Waals surface area (Å²) in [5.41, 5.74) is 0.642. The van der Waals surface area contributed by atoms with Gasteiger partial charge in [0, 0.05) is 108 Å². The lowest BCUT2D eigenvalue weighted by atomic mass is 10.2. The number of aliphatic hydroxyl groups excluding tert-OH is 1. The van der Waals surface area contributed by atoms with Gasteiger partial charge in [-0.15, -0.1) is 6.42 Å². The van der Waals surface area contributed by atoms with Crippen LogP contribution in [-0.2, 0) is 6.61 Å². The van der Waals surface area contributed by atoms with Gasteiger partial charge in [0.1, 0.15) is 17.6 Å². The Labute approximate surface area is 227 Å². The molecule has 0 aromatic heterocycles. The molecule has 1 rings (SSSR count). The fourth-order valence-corrected chi connectivity index (χ4v) is 1.58. The van der Waals surface area contributed by atoms with Crippen molar-refractivity contribution in [3.8, 4) is 142 Å². The van der Waals surface area contributed by atoms with Gasteiger partial charge in [0.15, 0.2) is 0 Å². The maximum absolute atomic E-state index is 9.20. The van der Waals surface area contributed by atoms with Gasteiger partial charge in [0.05, 0.1) is 13.7 Å². The summed E-state index contributed by atoms with van der Waals surface area (Å²) >= 11 is 0. The molecule has 0 amide bonds. The third kappa shape index (κ3) is 13.7. The molecule has 1 aromatic rings. The van der Waals surface area contributed by atoms with E-state index in [4.69, 9.17) is 15.9 Å². The van der Waals surface area contributed by atoms with Gasteiger partial charge in [-0.05, 0) is 65.1 Å². The molecule has 3 nitrogen and oxygen atoms in total. The first-order chi connectivity index (χ1) is 16.3. The van der Waals surface area contributed by atoms with Crippen LogP contribution in [0.3, 0.4) is 0 Å². The zero-order chi connectivity index (χ0) is 23.8. The Morgan fingerprint density at radius 2 is 1.03 bits per heavy atom. The second kappa shape index (κ2) is 18.0. The lowest BCUT2D eigenvalue weighted by molar-refractivity contribution is 0.280. The van der Waals surface area contributed by atoms with Gasteiger partial charge >= 0.3 is 0 Å². The first-order valence-electron chi connectivity index (χ1n) is 8.71. The van der Waals surface area contributed by atoms with E-state index >= 15 is 0 Å².